The number of hydrogen-bond donors (Lipinski definition) is 1. The molecule has 27 heavy (non-hydrogen) atoms. The second kappa shape index (κ2) is 7.04. The first-order valence-corrected chi connectivity index (χ1v) is 8.99. The van der Waals surface area contributed by atoms with Gasteiger partial charge in [0.15, 0.2) is 6.04 Å². The van der Waals surface area contributed by atoms with Crippen LogP contribution in [-0.4, -0.2) is 54.5 Å². The van der Waals surface area contributed by atoms with Gasteiger partial charge in [-0.15, -0.1) is 0 Å². The highest BCUT2D eigenvalue weighted by molar-refractivity contribution is 5.82. The van der Waals surface area contributed by atoms with Crippen molar-refractivity contribution in [1.82, 2.24) is 4.90 Å². The number of methoxy groups -OCH3 is 1. The summed E-state index contributed by atoms with van der Waals surface area (Å²) < 4.78 is 10.8. The minimum Gasteiger partial charge on any atom is -0.480 e. The molecule has 6 nitrogen and oxygen atoms in total. The van der Waals surface area contributed by atoms with Crippen LogP contribution in [0.2, 0.25) is 0 Å². The standard InChI is InChI=1S/C21H21NO5/c1-26-18-10-11-22(19(18)20(23)24)21(25)27-12-17-15-8-4-2-6-13(15)14-7-3-5-9-16(14)17/h2-9,17-19H,10-12H2,1H3,(H,23,24)/t18-,19-/m0/s1. The number of benzene rings is 2. The van der Waals surface area contributed by atoms with Crippen LogP contribution in [0, 0.1) is 0 Å². The minimum atomic E-state index is -1.08. The quantitative estimate of drug-likeness (QED) is 0.899. The van der Waals surface area contributed by atoms with Crippen LogP contribution in [0.25, 0.3) is 11.1 Å². The SMILES string of the molecule is CO[C@H]1CCN(C(=O)OCC2c3ccccc3-c3ccccc32)[C@@H]1C(=O)O. The number of likely N-dealkylation sites (tertiary alicyclic amines) is 1. The second-order valence-corrected chi connectivity index (χ2v) is 6.84. The fourth-order valence-electron chi connectivity index (χ4n) is 4.18. The molecule has 140 valence electrons. The molecular formula is C21H21NO5. The fourth-order valence-corrected chi connectivity index (χ4v) is 4.18. The molecule has 1 fully saturated rings. The molecule has 0 saturated carbocycles. The molecular weight excluding hydrogens is 346 g/mol. The molecule has 4 rings (SSSR count). The van der Waals surface area contributed by atoms with Gasteiger partial charge in [-0.25, -0.2) is 9.59 Å². The van der Waals surface area contributed by atoms with Gasteiger partial charge in [0.2, 0.25) is 0 Å². The summed E-state index contributed by atoms with van der Waals surface area (Å²) in [5, 5.41) is 9.44. The summed E-state index contributed by atoms with van der Waals surface area (Å²) >= 11 is 0. The molecule has 6 heteroatoms. The van der Waals surface area contributed by atoms with Crippen LogP contribution in [-0.2, 0) is 14.3 Å². The Kier molecular flexibility index (Phi) is 4.58. The van der Waals surface area contributed by atoms with Crippen LogP contribution in [0.4, 0.5) is 4.79 Å². The van der Waals surface area contributed by atoms with E-state index in [1.165, 1.54) is 12.0 Å². The number of fused-ring (bicyclic) bond motifs is 3. The smallest absolute Gasteiger partial charge is 0.410 e. The van der Waals surface area contributed by atoms with E-state index in [-0.39, 0.29) is 12.5 Å². The van der Waals surface area contributed by atoms with E-state index in [4.69, 9.17) is 9.47 Å². The molecule has 1 amide bonds. The normalized spacial score (nSPS) is 21.0. The number of ether oxygens (including phenoxy) is 2. The summed E-state index contributed by atoms with van der Waals surface area (Å²) in [5.74, 6) is -1.13. The van der Waals surface area contributed by atoms with Crippen molar-refractivity contribution in [3.05, 3.63) is 59.7 Å². The first kappa shape index (κ1) is 17.5. The molecule has 0 radical (unpaired) electrons. The Hall–Kier alpha value is -2.86. The van der Waals surface area contributed by atoms with Crippen molar-refractivity contribution in [2.24, 2.45) is 0 Å². The molecule has 1 heterocycles. The van der Waals surface area contributed by atoms with Gasteiger partial charge in [-0.2, -0.15) is 0 Å². The highest BCUT2D eigenvalue weighted by Crippen LogP contribution is 2.44. The molecule has 0 bridgehead atoms. The molecule has 2 aromatic carbocycles. The summed E-state index contributed by atoms with van der Waals surface area (Å²) in [6.07, 6.45) is -0.635. The number of aliphatic carboxylic acids is 1. The number of amides is 1. The van der Waals surface area contributed by atoms with Crippen molar-refractivity contribution in [3.63, 3.8) is 0 Å². The first-order chi connectivity index (χ1) is 13.1. The van der Waals surface area contributed by atoms with Gasteiger partial charge in [0.05, 0.1) is 6.10 Å². The lowest BCUT2D eigenvalue weighted by atomic mass is 9.98. The molecule has 1 aliphatic carbocycles. The van der Waals surface area contributed by atoms with Crippen LogP contribution in [0.3, 0.4) is 0 Å². The van der Waals surface area contributed by atoms with Crippen molar-refractivity contribution in [2.75, 3.05) is 20.3 Å². The third kappa shape index (κ3) is 2.96. The maximum atomic E-state index is 12.6. The van der Waals surface area contributed by atoms with Gasteiger partial charge >= 0.3 is 12.1 Å². The van der Waals surface area contributed by atoms with Gasteiger partial charge in [-0.3, -0.25) is 4.90 Å². The van der Waals surface area contributed by atoms with Crippen LogP contribution >= 0.6 is 0 Å². The molecule has 2 aliphatic rings. The van der Waals surface area contributed by atoms with Crippen LogP contribution in [0.15, 0.2) is 48.5 Å². The van der Waals surface area contributed by atoms with Crippen molar-refractivity contribution in [2.45, 2.75) is 24.5 Å². The maximum absolute atomic E-state index is 12.6. The summed E-state index contributed by atoms with van der Waals surface area (Å²) in [4.78, 5) is 25.4. The largest absolute Gasteiger partial charge is 0.480 e. The molecule has 0 spiro atoms. The Bertz CT molecular complexity index is 835. The molecule has 1 saturated heterocycles. The van der Waals surface area contributed by atoms with Gasteiger partial charge in [0.1, 0.15) is 6.61 Å². The van der Waals surface area contributed by atoms with Crippen LogP contribution in [0.5, 0.6) is 0 Å². The lowest BCUT2D eigenvalue weighted by Crippen LogP contribution is -2.46. The van der Waals surface area contributed by atoms with Crippen molar-refractivity contribution in [3.8, 4) is 11.1 Å². The molecule has 0 aromatic heterocycles. The van der Waals surface area contributed by atoms with E-state index in [2.05, 4.69) is 12.1 Å². The molecule has 1 aliphatic heterocycles. The zero-order valence-electron chi connectivity index (χ0n) is 15.0. The summed E-state index contributed by atoms with van der Waals surface area (Å²) in [5.41, 5.74) is 4.55. The van der Waals surface area contributed by atoms with Crippen LogP contribution < -0.4 is 0 Å². The Morgan fingerprint density at radius 1 is 1.07 bits per heavy atom. The van der Waals surface area contributed by atoms with E-state index < -0.39 is 24.2 Å². The van der Waals surface area contributed by atoms with E-state index in [0.717, 1.165) is 22.3 Å². The lowest BCUT2D eigenvalue weighted by molar-refractivity contribution is -0.145. The van der Waals surface area contributed by atoms with Gasteiger partial charge in [-0.05, 0) is 28.7 Å². The van der Waals surface area contributed by atoms with Crippen LogP contribution in [0.1, 0.15) is 23.5 Å². The number of carboxylic acid groups (broad SMARTS) is 1. The minimum absolute atomic E-state index is 0.0505. The first-order valence-electron chi connectivity index (χ1n) is 8.99. The Morgan fingerprint density at radius 3 is 2.22 bits per heavy atom. The van der Waals surface area contributed by atoms with E-state index in [9.17, 15) is 14.7 Å². The fraction of sp³-hybridized carbons (Fsp3) is 0.333. The van der Waals surface area contributed by atoms with E-state index in [1.807, 2.05) is 36.4 Å². The predicted molar refractivity (Wildman–Crippen MR) is 98.6 cm³/mol. The number of carbonyl (C=O) groups excluding carboxylic acids is 1. The average molecular weight is 367 g/mol. The lowest BCUT2D eigenvalue weighted by Gasteiger charge is -2.24. The molecule has 2 aromatic rings. The zero-order chi connectivity index (χ0) is 19.0. The number of rotatable bonds is 4. The average Bonchev–Trinajstić information content (AvgIpc) is 3.26. The molecule has 2 atom stereocenters. The van der Waals surface area contributed by atoms with Gasteiger partial charge in [-0.1, -0.05) is 48.5 Å². The van der Waals surface area contributed by atoms with E-state index in [0.29, 0.717) is 13.0 Å². The molecule has 0 unspecified atom stereocenters. The van der Waals surface area contributed by atoms with Gasteiger partial charge < -0.3 is 14.6 Å². The van der Waals surface area contributed by atoms with E-state index >= 15 is 0 Å². The highest BCUT2D eigenvalue weighted by atomic mass is 16.6. The Morgan fingerprint density at radius 2 is 1.67 bits per heavy atom. The van der Waals surface area contributed by atoms with Gasteiger partial charge in [0.25, 0.3) is 0 Å². The topological polar surface area (TPSA) is 76.1 Å². The highest BCUT2D eigenvalue weighted by Gasteiger charge is 2.43. The number of hydrogen-bond acceptors (Lipinski definition) is 4. The second-order valence-electron chi connectivity index (χ2n) is 6.84. The number of carbonyl (C=O) groups is 2. The zero-order valence-corrected chi connectivity index (χ0v) is 15.0. The van der Waals surface area contributed by atoms with E-state index in [1.54, 1.807) is 0 Å². The van der Waals surface area contributed by atoms with Crippen molar-refractivity contribution >= 4 is 12.1 Å². The predicted octanol–water partition coefficient (Wildman–Crippen LogP) is 3.11. The van der Waals surface area contributed by atoms with Gasteiger partial charge in [0, 0.05) is 19.6 Å². The number of carboxylic acids is 1. The summed E-state index contributed by atoms with van der Waals surface area (Å²) in [6, 6.07) is 15.2. The third-order valence-corrected chi connectivity index (χ3v) is 5.47. The summed E-state index contributed by atoms with van der Waals surface area (Å²) in [6.45, 7) is 0.486. The monoisotopic (exact) mass is 367 g/mol. The maximum Gasteiger partial charge on any atom is 0.410 e. The van der Waals surface area contributed by atoms with Crippen molar-refractivity contribution < 1.29 is 24.2 Å². The third-order valence-electron chi connectivity index (χ3n) is 5.47. The Labute approximate surface area is 157 Å². The molecule has 1 N–H and O–H groups in total. The Balaban J connectivity index is 1.52. The number of nitrogens with zero attached hydrogens (tertiary/aromatic N) is 1. The summed E-state index contributed by atoms with van der Waals surface area (Å²) in [7, 11) is 1.46. The van der Waals surface area contributed by atoms with Crippen molar-refractivity contribution in [1.29, 1.82) is 0 Å².